The summed E-state index contributed by atoms with van der Waals surface area (Å²) in [7, 11) is -3.29. The van der Waals surface area contributed by atoms with Crippen LogP contribution in [0.25, 0.3) is 0 Å². The van der Waals surface area contributed by atoms with Gasteiger partial charge >= 0.3 is 0 Å². The molecule has 0 saturated carbocycles. The molecule has 0 saturated heterocycles. The van der Waals surface area contributed by atoms with Crippen LogP contribution in [0.2, 0.25) is 0 Å². The Labute approximate surface area is 131 Å². The van der Waals surface area contributed by atoms with Crippen LogP contribution in [-0.4, -0.2) is 25.8 Å². The number of hydrogen-bond donors (Lipinski definition) is 2. The third-order valence-electron chi connectivity index (χ3n) is 3.61. The average molecular weight is 333 g/mol. The highest BCUT2D eigenvalue weighted by Crippen LogP contribution is 2.30. The second-order valence-electron chi connectivity index (χ2n) is 5.15. The van der Waals surface area contributed by atoms with Crippen molar-refractivity contribution in [3.05, 3.63) is 29.3 Å². The van der Waals surface area contributed by atoms with Crippen LogP contribution in [0, 0.1) is 0 Å². The summed E-state index contributed by atoms with van der Waals surface area (Å²) in [6, 6.07) is 5.55. The van der Waals surface area contributed by atoms with Crippen LogP contribution >= 0.6 is 12.4 Å². The second kappa shape index (κ2) is 7.13. The van der Waals surface area contributed by atoms with Crippen molar-refractivity contribution < 1.29 is 13.2 Å². The molecule has 0 fully saturated rings. The number of sulfone groups is 1. The van der Waals surface area contributed by atoms with Crippen LogP contribution in [0.5, 0.6) is 0 Å². The highest BCUT2D eigenvalue weighted by atomic mass is 35.5. The van der Waals surface area contributed by atoms with Gasteiger partial charge in [0.2, 0.25) is 5.91 Å². The van der Waals surface area contributed by atoms with Crippen LogP contribution in [0.4, 0.5) is 5.69 Å². The van der Waals surface area contributed by atoms with E-state index in [0.29, 0.717) is 5.69 Å². The van der Waals surface area contributed by atoms with Crippen LogP contribution in [-0.2, 0) is 21.1 Å². The molecular formula is C14H21ClN2O3S. The van der Waals surface area contributed by atoms with Crippen LogP contribution in [0.3, 0.4) is 0 Å². The average Bonchev–Trinajstić information content (AvgIpc) is 2.38. The minimum atomic E-state index is -3.29. The number of fused-ring (bicyclic) bond motifs is 1. The summed E-state index contributed by atoms with van der Waals surface area (Å²) >= 11 is 0. The Balaban J connectivity index is 0.00000220. The van der Waals surface area contributed by atoms with Crippen LogP contribution < -0.4 is 11.1 Å². The molecule has 21 heavy (non-hydrogen) atoms. The van der Waals surface area contributed by atoms with Gasteiger partial charge in [0.05, 0.1) is 6.04 Å². The summed E-state index contributed by atoms with van der Waals surface area (Å²) in [5, 5.41) is 2.83. The van der Waals surface area contributed by atoms with E-state index in [0.717, 1.165) is 30.4 Å². The molecule has 118 valence electrons. The van der Waals surface area contributed by atoms with Gasteiger partial charge in [0, 0.05) is 11.4 Å². The number of nitrogens with one attached hydrogen (secondary N) is 1. The molecule has 1 atom stereocenters. The lowest BCUT2D eigenvalue weighted by molar-refractivity contribution is -0.119. The molecule has 0 heterocycles. The molecule has 0 spiro atoms. The summed E-state index contributed by atoms with van der Waals surface area (Å²) in [6.45, 7) is 1.54. The van der Waals surface area contributed by atoms with E-state index in [1.807, 2.05) is 18.2 Å². The molecule has 2 rings (SSSR count). The third-order valence-corrected chi connectivity index (χ3v) is 5.19. The van der Waals surface area contributed by atoms with E-state index >= 15 is 0 Å². The number of carbonyl (C=O) groups is 1. The molecular weight excluding hydrogens is 312 g/mol. The molecule has 0 aromatic heterocycles. The summed E-state index contributed by atoms with van der Waals surface area (Å²) in [5.41, 5.74) is 8.66. The Hall–Kier alpha value is -1.27. The minimum Gasteiger partial charge on any atom is -0.399 e. The van der Waals surface area contributed by atoms with Gasteiger partial charge in [-0.05, 0) is 42.5 Å². The molecule has 1 aromatic carbocycles. The first kappa shape index (κ1) is 17.8. The maximum Gasteiger partial charge on any atom is 0.235 e. The Morgan fingerprint density at radius 2 is 2.14 bits per heavy atom. The topological polar surface area (TPSA) is 89.3 Å². The first-order chi connectivity index (χ1) is 9.41. The molecule has 3 N–H and O–H groups in total. The van der Waals surface area contributed by atoms with Gasteiger partial charge in [0.25, 0.3) is 0 Å². The van der Waals surface area contributed by atoms with E-state index in [-0.39, 0.29) is 24.2 Å². The van der Waals surface area contributed by atoms with Crippen molar-refractivity contribution in [1.29, 1.82) is 0 Å². The Morgan fingerprint density at radius 1 is 1.43 bits per heavy atom. The summed E-state index contributed by atoms with van der Waals surface area (Å²) in [6.07, 6.45) is 2.73. The highest BCUT2D eigenvalue weighted by molar-refractivity contribution is 7.92. The molecule has 1 aliphatic carbocycles. The van der Waals surface area contributed by atoms with Gasteiger partial charge in [0.1, 0.15) is 5.75 Å². The van der Waals surface area contributed by atoms with E-state index in [9.17, 15) is 13.2 Å². The fourth-order valence-electron chi connectivity index (χ4n) is 2.52. The summed E-state index contributed by atoms with van der Waals surface area (Å²) in [4.78, 5) is 11.8. The van der Waals surface area contributed by atoms with Gasteiger partial charge in [-0.25, -0.2) is 8.42 Å². The number of hydrogen-bond acceptors (Lipinski definition) is 4. The van der Waals surface area contributed by atoms with Crippen molar-refractivity contribution in [3.8, 4) is 0 Å². The molecule has 0 aliphatic heterocycles. The van der Waals surface area contributed by atoms with E-state index < -0.39 is 21.5 Å². The molecule has 0 bridgehead atoms. The molecule has 1 unspecified atom stereocenters. The number of amides is 1. The van der Waals surface area contributed by atoms with E-state index in [4.69, 9.17) is 5.73 Å². The van der Waals surface area contributed by atoms with Gasteiger partial charge < -0.3 is 11.1 Å². The first-order valence-corrected chi connectivity index (χ1v) is 8.61. The zero-order chi connectivity index (χ0) is 14.8. The number of nitrogen functional groups attached to an aromatic ring is 1. The Bertz CT molecular complexity index is 617. The van der Waals surface area contributed by atoms with Crippen molar-refractivity contribution in [2.45, 2.75) is 32.2 Å². The monoisotopic (exact) mass is 332 g/mol. The van der Waals surface area contributed by atoms with Crippen molar-refractivity contribution in [1.82, 2.24) is 5.32 Å². The third kappa shape index (κ3) is 4.61. The lowest BCUT2D eigenvalue weighted by Gasteiger charge is -2.26. The van der Waals surface area contributed by atoms with Gasteiger partial charge in [-0.1, -0.05) is 13.0 Å². The number of nitrogens with two attached hydrogens (primary N) is 1. The number of carbonyl (C=O) groups excluding carboxylic acids is 1. The van der Waals surface area contributed by atoms with Crippen molar-refractivity contribution in [2.75, 3.05) is 17.2 Å². The first-order valence-electron chi connectivity index (χ1n) is 6.79. The smallest absolute Gasteiger partial charge is 0.235 e. The predicted molar refractivity (Wildman–Crippen MR) is 86.3 cm³/mol. The summed E-state index contributed by atoms with van der Waals surface area (Å²) < 4.78 is 22.9. The number of anilines is 1. The van der Waals surface area contributed by atoms with Gasteiger partial charge in [-0.2, -0.15) is 0 Å². The minimum absolute atomic E-state index is 0. The maximum absolute atomic E-state index is 11.8. The van der Waals surface area contributed by atoms with Gasteiger partial charge in [-0.15, -0.1) is 12.4 Å². The normalized spacial score (nSPS) is 17.5. The zero-order valence-corrected chi connectivity index (χ0v) is 13.6. The number of rotatable bonds is 4. The number of halogens is 1. The Kier molecular flexibility index (Phi) is 6.04. The largest absolute Gasteiger partial charge is 0.399 e. The predicted octanol–water partition coefficient (Wildman–Crippen LogP) is 1.62. The number of benzene rings is 1. The summed E-state index contributed by atoms with van der Waals surface area (Å²) in [5.74, 6) is -0.885. The second-order valence-corrected chi connectivity index (χ2v) is 7.50. The maximum atomic E-state index is 11.8. The fraction of sp³-hybridized carbons (Fsp3) is 0.500. The Morgan fingerprint density at radius 3 is 2.81 bits per heavy atom. The van der Waals surface area contributed by atoms with Gasteiger partial charge in [0.15, 0.2) is 9.84 Å². The standard InChI is InChI=1S/C14H20N2O3S.ClH/c1-2-20(18,19)9-14(17)16-13-5-3-4-10-8-11(15)6-7-12(10)13;/h6-8,13H,2-5,9,15H2,1H3,(H,16,17);1H. The van der Waals surface area contributed by atoms with Crippen molar-refractivity contribution >= 4 is 33.8 Å². The van der Waals surface area contributed by atoms with Crippen molar-refractivity contribution in [3.63, 3.8) is 0 Å². The highest BCUT2D eigenvalue weighted by Gasteiger charge is 2.23. The van der Waals surface area contributed by atoms with Crippen LogP contribution in [0.1, 0.15) is 36.9 Å². The molecule has 0 radical (unpaired) electrons. The van der Waals surface area contributed by atoms with E-state index in [1.54, 1.807) is 6.92 Å². The quantitative estimate of drug-likeness (QED) is 0.820. The van der Waals surface area contributed by atoms with Crippen molar-refractivity contribution in [2.24, 2.45) is 0 Å². The lowest BCUT2D eigenvalue weighted by Crippen LogP contribution is -2.35. The molecule has 5 nitrogen and oxygen atoms in total. The van der Waals surface area contributed by atoms with E-state index in [1.165, 1.54) is 0 Å². The zero-order valence-electron chi connectivity index (χ0n) is 12.0. The lowest BCUT2D eigenvalue weighted by atomic mass is 9.87. The molecule has 1 aromatic rings. The fourth-order valence-corrected chi connectivity index (χ4v) is 3.21. The van der Waals surface area contributed by atoms with Gasteiger partial charge in [-0.3, -0.25) is 4.79 Å². The molecule has 7 heteroatoms. The van der Waals surface area contributed by atoms with Crippen LogP contribution in [0.15, 0.2) is 18.2 Å². The SMILES string of the molecule is CCS(=O)(=O)CC(=O)NC1CCCc2cc(N)ccc21.Cl. The van der Waals surface area contributed by atoms with E-state index in [2.05, 4.69) is 5.32 Å². The molecule has 1 amide bonds. The molecule has 1 aliphatic rings. The number of aryl methyl sites for hydroxylation is 1.